The average molecular weight is 485 g/mol. The summed E-state index contributed by atoms with van der Waals surface area (Å²) in [6, 6.07) is 20.5. The fraction of sp³-hybridized carbons (Fsp3) is 0.143. The van der Waals surface area contributed by atoms with Crippen molar-refractivity contribution < 1.29 is 19.1 Å². The maximum atomic E-state index is 11.6. The van der Waals surface area contributed by atoms with Gasteiger partial charge in [0.05, 0.1) is 23.9 Å². The number of carboxylic acid groups (broad SMARTS) is 1. The molecule has 0 fully saturated rings. The maximum absolute atomic E-state index is 11.6. The predicted octanol–water partition coefficient (Wildman–Crippen LogP) is 7.09. The van der Waals surface area contributed by atoms with Crippen molar-refractivity contribution in [3.8, 4) is 17.2 Å². The number of carboxylic acids is 1. The number of anilines is 2. The van der Waals surface area contributed by atoms with Crippen LogP contribution in [0, 0.1) is 0 Å². The normalized spacial score (nSPS) is 13.3. The lowest BCUT2D eigenvalue weighted by molar-refractivity contribution is 0.0697. The quantitative estimate of drug-likeness (QED) is 0.293. The Hall–Kier alpha value is -4.03. The molecule has 1 aliphatic rings. The Kier molecular flexibility index (Phi) is 5.11. The summed E-state index contributed by atoms with van der Waals surface area (Å²) in [6.45, 7) is 0.796. The topological polar surface area (TPSA) is 75.8 Å². The van der Waals surface area contributed by atoms with Gasteiger partial charge in [-0.25, -0.2) is 9.78 Å². The molecule has 35 heavy (non-hydrogen) atoms. The first-order valence-corrected chi connectivity index (χ1v) is 11.7. The first-order chi connectivity index (χ1) is 17.0. The first-order valence-electron chi connectivity index (χ1n) is 11.3. The molecular formula is C28H21ClN2O4. The highest BCUT2D eigenvalue weighted by Gasteiger charge is 2.25. The Bertz CT molecular complexity index is 1620. The van der Waals surface area contributed by atoms with Crippen LogP contribution in [0.2, 0.25) is 5.02 Å². The maximum Gasteiger partial charge on any atom is 0.335 e. The summed E-state index contributed by atoms with van der Waals surface area (Å²) < 4.78 is 11.7. The number of aromatic nitrogens is 1. The van der Waals surface area contributed by atoms with Gasteiger partial charge >= 0.3 is 5.97 Å². The van der Waals surface area contributed by atoms with Gasteiger partial charge in [-0.15, -0.1) is 0 Å². The van der Waals surface area contributed by atoms with Crippen molar-refractivity contribution in [1.29, 1.82) is 0 Å². The van der Waals surface area contributed by atoms with Gasteiger partial charge in [-0.3, -0.25) is 0 Å². The van der Waals surface area contributed by atoms with Crippen LogP contribution in [0.5, 0.6) is 5.75 Å². The summed E-state index contributed by atoms with van der Waals surface area (Å²) in [4.78, 5) is 18.8. The third kappa shape index (κ3) is 3.76. The fourth-order valence-electron chi connectivity index (χ4n) is 4.77. The van der Waals surface area contributed by atoms with E-state index in [-0.39, 0.29) is 5.56 Å². The molecule has 0 spiro atoms. The Morgan fingerprint density at radius 1 is 1.03 bits per heavy atom. The van der Waals surface area contributed by atoms with Crippen LogP contribution in [0.1, 0.15) is 22.3 Å². The second-order valence-electron chi connectivity index (χ2n) is 8.61. The molecule has 0 atom stereocenters. The summed E-state index contributed by atoms with van der Waals surface area (Å²) in [5, 5.41) is 11.8. The molecule has 0 amide bonds. The minimum Gasteiger partial charge on any atom is -0.497 e. The SMILES string of the molecule is COc1ccc2c(c1)CCCN2c1cc2cc(C(=O)O)ccc2nc1-c1cc2cc(Cl)ccc2o1. The van der Waals surface area contributed by atoms with Crippen molar-refractivity contribution in [1.82, 2.24) is 4.98 Å². The molecule has 5 aromatic rings. The van der Waals surface area contributed by atoms with Crippen LogP contribution in [0.3, 0.4) is 0 Å². The molecule has 2 aromatic heterocycles. The van der Waals surface area contributed by atoms with Gasteiger partial charge < -0.3 is 19.2 Å². The zero-order valence-electron chi connectivity index (χ0n) is 18.9. The van der Waals surface area contributed by atoms with E-state index in [1.54, 1.807) is 31.4 Å². The van der Waals surface area contributed by atoms with E-state index in [1.165, 1.54) is 5.56 Å². The van der Waals surface area contributed by atoms with E-state index in [4.69, 9.17) is 25.7 Å². The van der Waals surface area contributed by atoms with Gasteiger partial charge in [0.25, 0.3) is 0 Å². The smallest absolute Gasteiger partial charge is 0.335 e. The van der Waals surface area contributed by atoms with Gasteiger partial charge in [-0.05, 0) is 85.1 Å². The lowest BCUT2D eigenvalue weighted by Crippen LogP contribution is -2.25. The van der Waals surface area contributed by atoms with E-state index in [9.17, 15) is 9.90 Å². The lowest BCUT2D eigenvalue weighted by atomic mass is 9.99. The second kappa shape index (κ2) is 8.32. The second-order valence-corrected chi connectivity index (χ2v) is 9.05. The average Bonchev–Trinajstić information content (AvgIpc) is 3.29. The van der Waals surface area contributed by atoms with E-state index >= 15 is 0 Å². The minimum absolute atomic E-state index is 0.222. The van der Waals surface area contributed by atoms with Gasteiger partial charge in [0.1, 0.15) is 17.0 Å². The van der Waals surface area contributed by atoms with Crippen LogP contribution in [0.15, 0.2) is 71.1 Å². The number of rotatable bonds is 4. The number of aryl methyl sites for hydroxylation is 1. The molecule has 0 bridgehead atoms. The zero-order chi connectivity index (χ0) is 24.1. The van der Waals surface area contributed by atoms with Crippen molar-refractivity contribution in [2.24, 2.45) is 0 Å². The first kappa shape index (κ1) is 21.5. The Labute approximate surface area is 206 Å². The number of hydrogen-bond acceptors (Lipinski definition) is 5. The molecule has 0 unspecified atom stereocenters. The van der Waals surface area contributed by atoms with Gasteiger partial charge in [0, 0.05) is 28.0 Å². The molecular weight excluding hydrogens is 464 g/mol. The van der Waals surface area contributed by atoms with Crippen LogP contribution in [0.4, 0.5) is 11.4 Å². The third-order valence-corrected chi connectivity index (χ3v) is 6.68. The van der Waals surface area contributed by atoms with Gasteiger partial charge in [-0.1, -0.05) is 11.6 Å². The van der Waals surface area contributed by atoms with Crippen LogP contribution in [0.25, 0.3) is 33.3 Å². The van der Waals surface area contributed by atoms with E-state index in [0.717, 1.165) is 52.9 Å². The van der Waals surface area contributed by atoms with E-state index < -0.39 is 5.97 Å². The molecule has 3 heterocycles. The molecule has 0 saturated heterocycles. The highest BCUT2D eigenvalue weighted by molar-refractivity contribution is 6.31. The highest BCUT2D eigenvalue weighted by atomic mass is 35.5. The summed E-state index contributed by atoms with van der Waals surface area (Å²) in [5.74, 6) is 0.479. The number of furan rings is 1. The Morgan fingerprint density at radius 2 is 1.91 bits per heavy atom. The summed E-state index contributed by atoms with van der Waals surface area (Å²) in [7, 11) is 1.67. The van der Waals surface area contributed by atoms with Crippen LogP contribution >= 0.6 is 11.6 Å². The summed E-state index contributed by atoms with van der Waals surface area (Å²) >= 11 is 6.20. The largest absolute Gasteiger partial charge is 0.497 e. The number of methoxy groups -OCH3 is 1. The van der Waals surface area contributed by atoms with Gasteiger partial charge in [0.2, 0.25) is 0 Å². The number of fused-ring (bicyclic) bond motifs is 3. The monoisotopic (exact) mass is 484 g/mol. The van der Waals surface area contributed by atoms with Crippen molar-refractivity contribution in [2.45, 2.75) is 12.8 Å². The number of pyridine rings is 1. The third-order valence-electron chi connectivity index (χ3n) is 6.45. The van der Waals surface area contributed by atoms with Crippen molar-refractivity contribution in [3.63, 3.8) is 0 Å². The minimum atomic E-state index is -0.970. The zero-order valence-corrected chi connectivity index (χ0v) is 19.7. The molecule has 6 rings (SSSR count). The lowest BCUT2D eigenvalue weighted by Gasteiger charge is -2.32. The molecule has 7 heteroatoms. The van der Waals surface area contributed by atoms with E-state index in [1.807, 2.05) is 30.3 Å². The number of carbonyl (C=O) groups is 1. The summed E-state index contributed by atoms with van der Waals surface area (Å²) in [6.07, 6.45) is 1.91. The van der Waals surface area contributed by atoms with E-state index in [2.05, 4.69) is 17.0 Å². The molecule has 1 N–H and O–H groups in total. The number of benzene rings is 3. The Balaban J connectivity index is 1.59. The standard InChI is InChI=1S/C28H21ClN2O4/c1-34-21-6-8-23-16(13-21)3-2-10-31(23)24-14-18-11-17(28(32)33)4-7-22(18)30-27(24)26-15-19-12-20(29)5-9-25(19)35-26/h4-9,11-15H,2-3,10H2,1H3,(H,32,33). The highest BCUT2D eigenvalue weighted by Crippen LogP contribution is 2.42. The van der Waals surface area contributed by atoms with Gasteiger partial charge in [0.15, 0.2) is 5.76 Å². The number of hydrogen-bond donors (Lipinski definition) is 1. The predicted molar refractivity (Wildman–Crippen MR) is 137 cm³/mol. The molecule has 6 nitrogen and oxygen atoms in total. The molecule has 0 radical (unpaired) electrons. The molecule has 3 aromatic carbocycles. The number of ether oxygens (including phenoxy) is 1. The molecule has 1 aliphatic heterocycles. The van der Waals surface area contributed by atoms with Gasteiger partial charge in [-0.2, -0.15) is 0 Å². The number of halogens is 1. The van der Waals surface area contributed by atoms with Crippen molar-refractivity contribution in [2.75, 3.05) is 18.6 Å². The Morgan fingerprint density at radius 3 is 2.74 bits per heavy atom. The van der Waals surface area contributed by atoms with E-state index in [0.29, 0.717) is 22.0 Å². The van der Waals surface area contributed by atoms with Crippen LogP contribution in [-0.4, -0.2) is 29.7 Å². The fourth-order valence-corrected chi connectivity index (χ4v) is 4.95. The molecule has 0 aliphatic carbocycles. The van der Waals surface area contributed by atoms with Crippen molar-refractivity contribution in [3.05, 3.63) is 82.9 Å². The number of aromatic carboxylic acids is 1. The van der Waals surface area contributed by atoms with Crippen LogP contribution in [-0.2, 0) is 6.42 Å². The molecule has 174 valence electrons. The van der Waals surface area contributed by atoms with Crippen LogP contribution < -0.4 is 9.64 Å². The summed E-state index contributed by atoms with van der Waals surface area (Å²) in [5.41, 5.74) is 5.46. The number of nitrogens with zero attached hydrogens (tertiary/aromatic N) is 2. The van der Waals surface area contributed by atoms with Crippen molar-refractivity contribution >= 4 is 50.8 Å². The molecule has 0 saturated carbocycles.